The smallest absolute Gasteiger partial charge is 0.328 e. The van der Waals surface area contributed by atoms with Crippen LogP contribution in [0.25, 0.3) is 6.08 Å². The highest BCUT2D eigenvalue weighted by atomic mass is 32.2. The Morgan fingerprint density at radius 2 is 1.90 bits per heavy atom. The quantitative estimate of drug-likeness (QED) is 0.812. The summed E-state index contributed by atoms with van der Waals surface area (Å²) >= 11 is 0. The molecule has 1 aromatic rings. The van der Waals surface area contributed by atoms with Crippen LogP contribution in [0.15, 0.2) is 35.2 Å². The summed E-state index contributed by atoms with van der Waals surface area (Å²) in [6, 6.07) is 6.08. The third kappa shape index (κ3) is 3.46. The average molecular weight is 295 g/mol. The van der Waals surface area contributed by atoms with Crippen LogP contribution in [0.5, 0.6) is 0 Å². The minimum absolute atomic E-state index is 0.0147. The molecule has 2 rings (SSSR count). The third-order valence-corrected chi connectivity index (χ3v) is 4.91. The molecule has 0 spiro atoms. The van der Waals surface area contributed by atoms with E-state index in [1.165, 1.54) is 18.2 Å². The molecule has 1 atom stereocenters. The van der Waals surface area contributed by atoms with Crippen LogP contribution in [0.1, 0.15) is 25.8 Å². The first-order chi connectivity index (χ1) is 9.21. The molecule has 1 aliphatic rings. The van der Waals surface area contributed by atoms with Crippen molar-refractivity contribution in [2.45, 2.75) is 31.2 Å². The van der Waals surface area contributed by atoms with Gasteiger partial charge in [-0.05, 0) is 35.6 Å². The molecule has 1 aromatic carbocycles. The summed E-state index contributed by atoms with van der Waals surface area (Å²) in [7, 11) is -3.51. The van der Waals surface area contributed by atoms with E-state index in [1.807, 2.05) is 13.8 Å². The molecule has 1 unspecified atom stereocenters. The number of aliphatic carboxylic acids is 1. The summed E-state index contributed by atoms with van der Waals surface area (Å²) in [4.78, 5) is 10.6. The van der Waals surface area contributed by atoms with Gasteiger partial charge in [-0.3, -0.25) is 0 Å². The fourth-order valence-electron chi connectivity index (χ4n) is 1.85. The van der Waals surface area contributed by atoms with Crippen molar-refractivity contribution >= 4 is 22.1 Å². The second-order valence-electron chi connectivity index (χ2n) is 5.61. The highest BCUT2D eigenvalue weighted by Gasteiger charge is 2.47. The van der Waals surface area contributed by atoms with Crippen molar-refractivity contribution in [3.8, 4) is 0 Å². The zero-order valence-electron chi connectivity index (χ0n) is 11.3. The number of carbonyl (C=O) groups is 1. The maximum atomic E-state index is 12.1. The van der Waals surface area contributed by atoms with Gasteiger partial charge in [0.05, 0.1) is 4.90 Å². The molecule has 6 heteroatoms. The first kappa shape index (κ1) is 14.7. The summed E-state index contributed by atoms with van der Waals surface area (Å²) in [6.07, 6.45) is 3.26. The van der Waals surface area contributed by atoms with Crippen LogP contribution in [-0.4, -0.2) is 25.5 Å². The van der Waals surface area contributed by atoms with Crippen molar-refractivity contribution in [3.63, 3.8) is 0 Å². The molecular formula is C14H17NO4S. The minimum atomic E-state index is -3.51. The number of hydrogen-bond donors (Lipinski definition) is 2. The molecule has 0 saturated heterocycles. The topological polar surface area (TPSA) is 83.5 Å². The first-order valence-electron chi connectivity index (χ1n) is 6.24. The number of sulfonamides is 1. The summed E-state index contributed by atoms with van der Waals surface area (Å²) in [6.45, 7) is 4.03. The maximum absolute atomic E-state index is 12.1. The van der Waals surface area contributed by atoms with Gasteiger partial charge >= 0.3 is 5.97 Å². The van der Waals surface area contributed by atoms with E-state index < -0.39 is 16.0 Å². The van der Waals surface area contributed by atoms with E-state index in [0.29, 0.717) is 5.56 Å². The van der Waals surface area contributed by atoms with E-state index in [1.54, 1.807) is 12.1 Å². The van der Waals surface area contributed by atoms with E-state index in [9.17, 15) is 13.2 Å². The van der Waals surface area contributed by atoms with Gasteiger partial charge in [0.15, 0.2) is 0 Å². The van der Waals surface area contributed by atoms with Crippen LogP contribution < -0.4 is 4.72 Å². The zero-order chi connectivity index (χ0) is 15.0. The minimum Gasteiger partial charge on any atom is -0.478 e. The van der Waals surface area contributed by atoms with Crippen LogP contribution in [0.3, 0.4) is 0 Å². The predicted octanol–water partition coefficient (Wildman–Crippen LogP) is 1.86. The van der Waals surface area contributed by atoms with Crippen molar-refractivity contribution in [1.82, 2.24) is 4.72 Å². The van der Waals surface area contributed by atoms with E-state index in [4.69, 9.17) is 5.11 Å². The summed E-state index contributed by atoms with van der Waals surface area (Å²) in [5, 5.41) is 8.52. The standard InChI is InChI=1S/C14H17NO4S/c1-14(2)9-12(14)15-20(18,19)11-6-3-10(4-7-11)5-8-13(16)17/h3-8,12,15H,9H2,1-2H3,(H,16,17). The van der Waals surface area contributed by atoms with Gasteiger partial charge in [0.1, 0.15) is 0 Å². The number of rotatable bonds is 5. The van der Waals surface area contributed by atoms with Gasteiger partial charge in [0, 0.05) is 12.1 Å². The first-order valence-corrected chi connectivity index (χ1v) is 7.72. The average Bonchev–Trinajstić information content (AvgIpc) is 2.93. The van der Waals surface area contributed by atoms with Gasteiger partial charge < -0.3 is 5.11 Å². The maximum Gasteiger partial charge on any atom is 0.328 e. The molecule has 108 valence electrons. The molecule has 1 fully saturated rings. The molecule has 0 radical (unpaired) electrons. The molecule has 1 aliphatic carbocycles. The number of hydrogen-bond acceptors (Lipinski definition) is 3. The van der Waals surface area contributed by atoms with Gasteiger partial charge in [-0.15, -0.1) is 0 Å². The van der Waals surface area contributed by atoms with Gasteiger partial charge in [-0.1, -0.05) is 26.0 Å². The van der Waals surface area contributed by atoms with Crippen LogP contribution in [0.4, 0.5) is 0 Å². The molecule has 5 nitrogen and oxygen atoms in total. The van der Waals surface area contributed by atoms with Crippen LogP contribution in [-0.2, 0) is 14.8 Å². The lowest BCUT2D eigenvalue weighted by molar-refractivity contribution is -0.131. The Kier molecular flexibility index (Phi) is 3.71. The van der Waals surface area contributed by atoms with E-state index in [0.717, 1.165) is 12.5 Å². The number of carboxylic acid groups (broad SMARTS) is 1. The molecule has 2 N–H and O–H groups in total. The van der Waals surface area contributed by atoms with Gasteiger partial charge in [0.25, 0.3) is 0 Å². The monoisotopic (exact) mass is 295 g/mol. The van der Waals surface area contributed by atoms with E-state index >= 15 is 0 Å². The van der Waals surface area contributed by atoms with Crippen molar-refractivity contribution < 1.29 is 18.3 Å². The molecule has 0 bridgehead atoms. The van der Waals surface area contributed by atoms with Crippen LogP contribution in [0, 0.1) is 5.41 Å². The highest BCUT2D eigenvalue weighted by Crippen LogP contribution is 2.45. The Morgan fingerprint density at radius 3 is 2.35 bits per heavy atom. The molecule has 20 heavy (non-hydrogen) atoms. The predicted molar refractivity (Wildman–Crippen MR) is 75.6 cm³/mol. The summed E-state index contributed by atoms with van der Waals surface area (Å²) in [5.41, 5.74) is 0.662. The lowest BCUT2D eigenvalue weighted by Crippen LogP contribution is -2.28. The fraction of sp³-hybridized carbons (Fsp3) is 0.357. The molecular weight excluding hydrogens is 278 g/mol. The lowest BCUT2D eigenvalue weighted by atomic mass is 10.2. The molecule has 0 amide bonds. The highest BCUT2D eigenvalue weighted by molar-refractivity contribution is 7.89. The third-order valence-electron chi connectivity index (χ3n) is 3.42. The van der Waals surface area contributed by atoms with Gasteiger partial charge in [-0.2, -0.15) is 0 Å². The largest absolute Gasteiger partial charge is 0.478 e. The summed E-state index contributed by atoms with van der Waals surface area (Å²) in [5.74, 6) is -1.04. The summed E-state index contributed by atoms with van der Waals surface area (Å²) < 4.78 is 26.9. The Morgan fingerprint density at radius 1 is 1.35 bits per heavy atom. The van der Waals surface area contributed by atoms with Crippen LogP contribution in [0.2, 0.25) is 0 Å². The van der Waals surface area contributed by atoms with Gasteiger partial charge in [-0.25, -0.2) is 17.9 Å². The zero-order valence-corrected chi connectivity index (χ0v) is 12.1. The van der Waals surface area contributed by atoms with Gasteiger partial charge in [0.2, 0.25) is 10.0 Å². The lowest BCUT2D eigenvalue weighted by Gasteiger charge is -2.08. The van der Waals surface area contributed by atoms with E-state index in [-0.39, 0.29) is 16.4 Å². The Bertz CT molecular complexity index is 644. The van der Waals surface area contributed by atoms with Crippen molar-refractivity contribution in [3.05, 3.63) is 35.9 Å². The molecule has 0 aromatic heterocycles. The second kappa shape index (κ2) is 5.03. The second-order valence-corrected chi connectivity index (χ2v) is 7.32. The molecule has 0 aliphatic heterocycles. The Balaban J connectivity index is 2.11. The number of carboxylic acids is 1. The Hall–Kier alpha value is -1.66. The Labute approximate surface area is 118 Å². The van der Waals surface area contributed by atoms with Crippen LogP contribution >= 0.6 is 0 Å². The van der Waals surface area contributed by atoms with Crippen molar-refractivity contribution in [1.29, 1.82) is 0 Å². The SMILES string of the molecule is CC1(C)CC1NS(=O)(=O)c1ccc(C=CC(=O)O)cc1. The fourth-order valence-corrected chi connectivity index (χ4v) is 3.26. The molecule has 0 heterocycles. The molecule has 1 saturated carbocycles. The van der Waals surface area contributed by atoms with E-state index in [2.05, 4.69) is 4.72 Å². The number of benzene rings is 1. The number of nitrogens with one attached hydrogen (secondary N) is 1. The van der Waals surface area contributed by atoms with Crippen molar-refractivity contribution in [2.75, 3.05) is 0 Å². The normalized spacial score (nSPS) is 21.0. The van der Waals surface area contributed by atoms with Crippen molar-refractivity contribution in [2.24, 2.45) is 5.41 Å².